The number of carbonyl (C=O) groups is 1. The number of rotatable bonds is 10. The Labute approximate surface area is 126 Å². The number of methoxy groups -OCH3 is 2. The lowest BCUT2D eigenvalue weighted by molar-refractivity contribution is -0.141. The fraction of sp³-hybridized carbons (Fsp3) is 0.562. The van der Waals surface area contributed by atoms with Gasteiger partial charge in [0.15, 0.2) is 0 Å². The van der Waals surface area contributed by atoms with Crippen LogP contribution in [0.4, 0.5) is 0 Å². The van der Waals surface area contributed by atoms with E-state index in [1.807, 2.05) is 31.2 Å². The molecule has 0 radical (unpaired) electrons. The molecule has 0 bridgehead atoms. The number of carbonyl (C=O) groups excluding carboxylic acids is 1. The molecule has 0 saturated heterocycles. The third-order valence-electron chi connectivity index (χ3n) is 3.17. The minimum absolute atomic E-state index is 0.197. The van der Waals surface area contributed by atoms with Gasteiger partial charge in [-0.3, -0.25) is 9.69 Å². The summed E-state index contributed by atoms with van der Waals surface area (Å²) in [6.07, 6.45) is 0.380. The number of benzene rings is 1. The summed E-state index contributed by atoms with van der Waals surface area (Å²) >= 11 is 0. The standard InChI is InChI=1S/C16H25NO4/c1-14-4-6-15(7-5-14)21-13-11-17(10-12-19-2)9-8-16(18)20-3/h4-7H,8-13H2,1-3H3. The van der Waals surface area contributed by atoms with Gasteiger partial charge >= 0.3 is 5.97 Å². The van der Waals surface area contributed by atoms with E-state index in [2.05, 4.69) is 9.64 Å². The Balaban J connectivity index is 2.33. The van der Waals surface area contributed by atoms with E-state index >= 15 is 0 Å². The van der Waals surface area contributed by atoms with Gasteiger partial charge in [0.2, 0.25) is 0 Å². The quantitative estimate of drug-likeness (QED) is 0.617. The number of aryl methyl sites for hydroxylation is 1. The normalized spacial score (nSPS) is 10.7. The zero-order valence-electron chi connectivity index (χ0n) is 13.1. The molecule has 0 heterocycles. The van der Waals surface area contributed by atoms with Gasteiger partial charge < -0.3 is 14.2 Å². The molecule has 1 rings (SSSR count). The predicted octanol–water partition coefficient (Wildman–Crippen LogP) is 1.89. The number of nitrogens with zero attached hydrogens (tertiary/aromatic N) is 1. The Bertz CT molecular complexity index is 405. The monoisotopic (exact) mass is 295 g/mol. The molecule has 0 aliphatic rings. The summed E-state index contributed by atoms with van der Waals surface area (Å²) in [5, 5.41) is 0. The molecule has 0 spiro atoms. The van der Waals surface area contributed by atoms with E-state index < -0.39 is 0 Å². The third-order valence-corrected chi connectivity index (χ3v) is 3.17. The first kappa shape index (κ1) is 17.5. The molecule has 0 atom stereocenters. The van der Waals surface area contributed by atoms with Gasteiger partial charge in [-0.2, -0.15) is 0 Å². The molecule has 5 heteroatoms. The lowest BCUT2D eigenvalue weighted by Gasteiger charge is -2.21. The molecule has 1 aromatic rings. The summed E-state index contributed by atoms with van der Waals surface area (Å²) in [5.41, 5.74) is 1.21. The van der Waals surface area contributed by atoms with Crippen LogP contribution >= 0.6 is 0 Å². The van der Waals surface area contributed by atoms with Gasteiger partial charge in [0, 0.05) is 26.7 Å². The fourth-order valence-corrected chi connectivity index (χ4v) is 1.83. The molecule has 0 unspecified atom stereocenters. The molecule has 5 nitrogen and oxygen atoms in total. The van der Waals surface area contributed by atoms with Crippen molar-refractivity contribution < 1.29 is 19.0 Å². The molecule has 0 aliphatic heterocycles. The lowest BCUT2D eigenvalue weighted by atomic mass is 10.2. The average molecular weight is 295 g/mol. The van der Waals surface area contributed by atoms with Gasteiger partial charge in [-0.15, -0.1) is 0 Å². The molecule has 0 aromatic heterocycles. The van der Waals surface area contributed by atoms with E-state index in [4.69, 9.17) is 9.47 Å². The second kappa shape index (κ2) is 10.2. The highest BCUT2D eigenvalue weighted by Gasteiger charge is 2.08. The molecule has 118 valence electrons. The molecule has 0 aliphatic carbocycles. The maximum atomic E-state index is 11.2. The van der Waals surface area contributed by atoms with Gasteiger partial charge in [0.1, 0.15) is 12.4 Å². The Morgan fingerprint density at radius 1 is 1.05 bits per heavy atom. The van der Waals surface area contributed by atoms with E-state index in [1.165, 1.54) is 12.7 Å². The van der Waals surface area contributed by atoms with Crippen molar-refractivity contribution in [1.82, 2.24) is 4.90 Å². The topological polar surface area (TPSA) is 48.0 Å². The van der Waals surface area contributed by atoms with E-state index in [-0.39, 0.29) is 5.97 Å². The maximum absolute atomic E-state index is 11.2. The van der Waals surface area contributed by atoms with Crippen molar-refractivity contribution in [1.29, 1.82) is 0 Å². The highest BCUT2D eigenvalue weighted by atomic mass is 16.5. The van der Waals surface area contributed by atoms with Crippen LogP contribution in [-0.2, 0) is 14.3 Å². The molecule has 0 saturated carbocycles. The predicted molar refractivity (Wildman–Crippen MR) is 81.6 cm³/mol. The summed E-state index contributed by atoms with van der Waals surface area (Å²) in [6, 6.07) is 7.97. The highest BCUT2D eigenvalue weighted by molar-refractivity contribution is 5.69. The number of hydrogen-bond acceptors (Lipinski definition) is 5. The summed E-state index contributed by atoms with van der Waals surface area (Å²) in [4.78, 5) is 13.3. The first-order chi connectivity index (χ1) is 10.2. The molecular weight excluding hydrogens is 270 g/mol. The van der Waals surface area contributed by atoms with E-state index in [1.54, 1.807) is 7.11 Å². The minimum Gasteiger partial charge on any atom is -0.492 e. The Kier molecular flexibility index (Phi) is 8.47. The third kappa shape index (κ3) is 7.68. The first-order valence-electron chi connectivity index (χ1n) is 7.13. The Morgan fingerprint density at radius 3 is 2.33 bits per heavy atom. The largest absolute Gasteiger partial charge is 0.492 e. The van der Waals surface area contributed by atoms with Crippen molar-refractivity contribution in [2.75, 3.05) is 47.1 Å². The van der Waals surface area contributed by atoms with Crippen LogP contribution in [0.3, 0.4) is 0 Å². The van der Waals surface area contributed by atoms with E-state index in [0.717, 1.165) is 18.8 Å². The van der Waals surface area contributed by atoms with Crippen LogP contribution in [0.25, 0.3) is 0 Å². The molecule has 1 aromatic carbocycles. The molecule has 21 heavy (non-hydrogen) atoms. The lowest BCUT2D eigenvalue weighted by Crippen LogP contribution is -2.33. The zero-order chi connectivity index (χ0) is 15.5. The number of ether oxygens (including phenoxy) is 3. The smallest absolute Gasteiger partial charge is 0.306 e. The van der Waals surface area contributed by atoms with Crippen LogP contribution in [0.2, 0.25) is 0 Å². The van der Waals surface area contributed by atoms with Gasteiger partial charge in [-0.1, -0.05) is 17.7 Å². The Hall–Kier alpha value is -1.59. The van der Waals surface area contributed by atoms with Gasteiger partial charge in [-0.25, -0.2) is 0 Å². The molecule has 0 fully saturated rings. The van der Waals surface area contributed by atoms with Crippen LogP contribution in [0.1, 0.15) is 12.0 Å². The average Bonchev–Trinajstić information content (AvgIpc) is 2.50. The second-order valence-corrected chi connectivity index (χ2v) is 4.82. The fourth-order valence-electron chi connectivity index (χ4n) is 1.83. The van der Waals surface area contributed by atoms with Crippen LogP contribution in [-0.4, -0.2) is 57.9 Å². The van der Waals surface area contributed by atoms with E-state index in [9.17, 15) is 4.79 Å². The van der Waals surface area contributed by atoms with Crippen LogP contribution in [0.15, 0.2) is 24.3 Å². The zero-order valence-corrected chi connectivity index (χ0v) is 13.1. The van der Waals surface area contributed by atoms with Crippen molar-refractivity contribution in [2.24, 2.45) is 0 Å². The van der Waals surface area contributed by atoms with Crippen molar-refractivity contribution >= 4 is 5.97 Å². The number of esters is 1. The van der Waals surface area contributed by atoms with Crippen LogP contribution in [0, 0.1) is 6.92 Å². The van der Waals surface area contributed by atoms with Crippen LogP contribution in [0.5, 0.6) is 5.75 Å². The summed E-state index contributed by atoms with van der Waals surface area (Å²) in [7, 11) is 3.07. The first-order valence-corrected chi connectivity index (χ1v) is 7.13. The Morgan fingerprint density at radius 2 is 1.71 bits per heavy atom. The van der Waals surface area contributed by atoms with Gasteiger partial charge in [0.05, 0.1) is 20.1 Å². The van der Waals surface area contributed by atoms with E-state index in [0.29, 0.717) is 26.2 Å². The van der Waals surface area contributed by atoms with Crippen molar-refractivity contribution in [3.8, 4) is 5.75 Å². The van der Waals surface area contributed by atoms with Crippen molar-refractivity contribution in [3.63, 3.8) is 0 Å². The van der Waals surface area contributed by atoms with Gasteiger partial charge in [0.25, 0.3) is 0 Å². The molecule has 0 amide bonds. The van der Waals surface area contributed by atoms with Gasteiger partial charge in [-0.05, 0) is 19.1 Å². The molecular formula is C16H25NO4. The summed E-state index contributed by atoms with van der Waals surface area (Å²) < 4.78 is 15.5. The maximum Gasteiger partial charge on any atom is 0.306 e. The van der Waals surface area contributed by atoms with Crippen molar-refractivity contribution in [2.45, 2.75) is 13.3 Å². The minimum atomic E-state index is -0.197. The van der Waals surface area contributed by atoms with Crippen LogP contribution < -0.4 is 4.74 Å². The summed E-state index contributed by atoms with van der Waals surface area (Å²) in [5.74, 6) is 0.664. The molecule has 0 N–H and O–H groups in total. The SMILES string of the molecule is COCCN(CCOc1ccc(C)cc1)CCC(=O)OC. The second-order valence-electron chi connectivity index (χ2n) is 4.82. The summed E-state index contributed by atoms with van der Waals surface area (Å²) in [6.45, 7) is 5.41. The van der Waals surface area contributed by atoms with Crippen molar-refractivity contribution in [3.05, 3.63) is 29.8 Å². The number of hydrogen-bond donors (Lipinski definition) is 0. The highest BCUT2D eigenvalue weighted by Crippen LogP contribution is 2.11.